The van der Waals surface area contributed by atoms with Crippen LogP contribution >= 0.6 is 0 Å². The van der Waals surface area contributed by atoms with Crippen molar-refractivity contribution in [3.05, 3.63) is 0 Å². The first-order chi connectivity index (χ1) is 7.24. The number of aliphatic hydroxyl groups is 1. The smallest absolute Gasteiger partial charge is 0.0499 e. The summed E-state index contributed by atoms with van der Waals surface area (Å²) >= 11 is 0. The second-order valence-corrected chi connectivity index (χ2v) is 5.86. The molecule has 0 bridgehead atoms. The SMILES string of the molecule is CN(CC1CCC1)CC1(CO)CCCC1. The van der Waals surface area contributed by atoms with Gasteiger partial charge in [-0.2, -0.15) is 0 Å². The zero-order valence-electron chi connectivity index (χ0n) is 10.0. The number of hydrogen-bond donors (Lipinski definition) is 1. The van der Waals surface area contributed by atoms with Crippen LogP contribution in [-0.4, -0.2) is 36.8 Å². The summed E-state index contributed by atoms with van der Waals surface area (Å²) in [4.78, 5) is 2.46. The van der Waals surface area contributed by atoms with E-state index in [1.807, 2.05) is 0 Å². The Morgan fingerprint density at radius 2 is 1.87 bits per heavy atom. The van der Waals surface area contributed by atoms with Gasteiger partial charge in [0.1, 0.15) is 0 Å². The van der Waals surface area contributed by atoms with Gasteiger partial charge >= 0.3 is 0 Å². The van der Waals surface area contributed by atoms with Crippen LogP contribution in [0.4, 0.5) is 0 Å². The van der Waals surface area contributed by atoms with Gasteiger partial charge in [0.15, 0.2) is 0 Å². The highest BCUT2D eigenvalue weighted by Crippen LogP contribution is 2.38. The maximum Gasteiger partial charge on any atom is 0.0499 e. The van der Waals surface area contributed by atoms with Gasteiger partial charge in [0, 0.05) is 25.1 Å². The first-order valence-electron chi connectivity index (χ1n) is 6.53. The molecule has 2 heteroatoms. The minimum atomic E-state index is 0.249. The molecule has 1 N–H and O–H groups in total. The summed E-state index contributed by atoms with van der Waals surface area (Å²) in [6.07, 6.45) is 9.39. The molecule has 0 spiro atoms. The van der Waals surface area contributed by atoms with E-state index in [1.54, 1.807) is 0 Å². The fraction of sp³-hybridized carbons (Fsp3) is 1.00. The predicted molar refractivity (Wildman–Crippen MR) is 62.8 cm³/mol. The quantitative estimate of drug-likeness (QED) is 0.754. The van der Waals surface area contributed by atoms with E-state index < -0.39 is 0 Å². The molecule has 0 aliphatic heterocycles. The lowest BCUT2D eigenvalue weighted by Crippen LogP contribution is -2.39. The molecule has 88 valence electrons. The second-order valence-electron chi connectivity index (χ2n) is 5.86. The first-order valence-corrected chi connectivity index (χ1v) is 6.53. The molecule has 0 aromatic heterocycles. The van der Waals surface area contributed by atoms with Crippen molar-refractivity contribution in [3.8, 4) is 0 Å². The van der Waals surface area contributed by atoms with Crippen LogP contribution in [0.15, 0.2) is 0 Å². The van der Waals surface area contributed by atoms with Gasteiger partial charge in [-0.1, -0.05) is 19.3 Å². The lowest BCUT2D eigenvalue weighted by atomic mass is 9.83. The number of nitrogens with zero attached hydrogens (tertiary/aromatic N) is 1. The Kier molecular flexibility index (Phi) is 3.68. The highest BCUT2D eigenvalue weighted by molar-refractivity contribution is 4.87. The lowest BCUT2D eigenvalue weighted by Gasteiger charge is -2.36. The summed E-state index contributed by atoms with van der Waals surface area (Å²) in [5, 5.41) is 9.54. The van der Waals surface area contributed by atoms with E-state index in [9.17, 15) is 5.11 Å². The Hall–Kier alpha value is -0.0800. The van der Waals surface area contributed by atoms with Crippen LogP contribution in [0, 0.1) is 11.3 Å². The molecule has 15 heavy (non-hydrogen) atoms. The van der Waals surface area contributed by atoms with E-state index in [4.69, 9.17) is 0 Å². The van der Waals surface area contributed by atoms with E-state index in [1.165, 1.54) is 51.5 Å². The summed E-state index contributed by atoms with van der Waals surface area (Å²) in [5.74, 6) is 0.951. The Labute approximate surface area is 93.7 Å². The highest BCUT2D eigenvalue weighted by Gasteiger charge is 2.34. The average molecular weight is 211 g/mol. The minimum Gasteiger partial charge on any atom is -0.396 e. The number of hydrogen-bond acceptors (Lipinski definition) is 2. The van der Waals surface area contributed by atoms with Crippen LogP contribution in [-0.2, 0) is 0 Å². The van der Waals surface area contributed by atoms with Gasteiger partial charge in [-0.15, -0.1) is 0 Å². The minimum absolute atomic E-state index is 0.249. The van der Waals surface area contributed by atoms with Crippen LogP contribution in [0.1, 0.15) is 44.9 Å². The average Bonchev–Trinajstić information content (AvgIpc) is 2.61. The monoisotopic (exact) mass is 211 g/mol. The molecule has 2 nitrogen and oxygen atoms in total. The van der Waals surface area contributed by atoms with E-state index in [-0.39, 0.29) is 5.41 Å². The Morgan fingerprint density at radius 1 is 1.20 bits per heavy atom. The van der Waals surface area contributed by atoms with E-state index in [2.05, 4.69) is 11.9 Å². The molecule has 2 aliphatic carbocycles. The molecular weight excluding hydrogens is 186 g/mol. The normalized spacial score (nSPS) is 25.8. The summed E-state index contributed by atoms with van der Waals surface area (Å²) in [7, 11) is 2.23. The van der Waals surface area contributed by atoms with Crippen LogP contribution in [0.2, 0.25) is 0 Å². The molecule has 0 heterocycles. The van der Waals surface area contributed by atoms with Gasteiger partial charge in [0.2, 0.25) is 0 Å². The fourth-order valence-electron chi connectivity index (χ4n) is 3.24. The van der Waals surface area contributed by atoms with Gasteiger partial charge in [-0.05, 0) is 38.6 Å². The van der Waals surface area contributed by atoms with Crippen molar-refractivity contribution < 1.29 is 5.11 Å². The van der Waals surface area contributed by atoms with Crippen molar-refractivity contribution >= 4 is 0 Å². The van der Waals surface area contributed by atoms with E-state index in [0.717, 1.165) is 12.5 Å². The maximum atomic E-state index is 9.54. The number of aliphatic hydroxyl groups excluding tert-OH is 1. The Balaban J connectivity index is 1.77. The maximum absolute atomic E-state index is 9.54. The molecular formula is C13H25NO. The van der Waals surface area contributed by atoms with Gasteiger partial charge in [0.25, 0.3) is 0 Å². The number of rotatable bonds is 5. The van der Waals surface area contributed by atoms with Gasteiger partial charge < -0.3 is 10.0 Å². The standard InChI is InChI=1S/C13H25NO/c1-14(9-12-5-4-6-12)10-13(11-15)7-2-3-8-13/h12,15H,2-11H2,1H3. The Morgan fingerprint density at radius 3 is 2.33 bits per heavy atom. The highest BCUT2D eigenvalue weighted by atomic mass is 16.3. The molecule has 2 rings (SSSR count). The molecule has 2 fully saturated rings. The molecule has 0 unspecified atom stereocenters. The summed E-state index contributed by atoms with van der Waals surface area (Å²) < 4.78 is 0. The molecule has 0 saturated heterocycles. The zero-order valence-corrected chi connectivity index (χ0v) is 10.0. The largest absolute Gasteiger partial charge is 0.396 e. The third-order valence-corrected chi connectivity index (χ3v) is 4.40. The van der Waals surface area contributed by atoms with Gasteiger partial charge in [-0.3, -0.25) is 0 Å². The van der Waals surface area contributed by atoms with Crippen molar-refractivity contribution in [2.24, 2.45) is 11.3 Å². The molecule has 0 radical (unpaired) electrons. The van der Waals surface area contributed by atoms with E-state index in [0.29, 0.717) is 6.61 Å². The molecule has 0 aromatic rings. The topological polar surface area (TPSA) is 23.5 Å². The van der Waals surface area contributed by atoms with Crippen molar-refractivity contribution in [2.45, 2.75) is 44.9 Å². The van der Waals surface area contributed by atoms with Crippen molar-refractivity contribution in [2.75, 3.05) is 26.7 Å². The van der Waals surface area contributed by atoms with Crippen molar-refractivity contribution in [1.82, 2.24) is 4.90 Å². The second kappa shape index (κ2) is 4.84. The summed E-state index contributed by atoms with van der Waals surface area (Å²) in [6, 6.07) is 0. The van der Waals surface area contributed by atoms with Gasteiger partial charge in [0.05, 0.1) is 0 Å². The fourth-order valence-corrected chi connectivity index (χ4v) is 3.24. The zero-order chi connectivity index (χ0) is 10.7. The summed E-state index contributed by atoms with van der Waals surface area (Å²) in [6.45, 7) is 2.75. The van der Waals surface area contributed by atoms with Crippen LogP contribution < -0.4 is 0 Å². The Bertz CT molecular complexity index is 195. The molecule has 2 aliphatic rings. The molecule has 2 saturated carbocycles. The van der Waals surface area contributed by atoms with E-state index >= 15 is 0 Å². The third-order valence-electron chi connectivity index (χ3n) is 4.40. The summed E-state index contributed by atoms with van der Waals surface area (Å²) in [5.41, 5.74) is 0.249. The third kappa shape index (κ3) is 2.73. The predicted octanol–water partition coefficient (Wildman–Crippen LogP) is 2.27. The molecule has 0 aromatic carbocycles. The van der Waals surface area contributed by atoms with Crippen molar-refractivity contribution in [3.63, 3.8) is 0 Å². The molecule has 0 atom stereocenters. The van der Waals surface area contributed by atoms with Crippen molar-refractivity contribution in [1.29, 1.82) is 0 Å². The van der Waals surface area contributed by atoms with Crippen LogP contribution in [0.25, 0.3) is 0 Å². The van der Waals surface area contributed by atoms with Crippen LogP contribution in [0.3, 0.4) is 0 Å². The van der Waals surface area contributed by atoms with Crippen LogP contribution in [0.5, 0.6) is 0 Å². The van der Waals surface area contributed by atoms with Gasteiger partial charge in [-0.25, -0.2) is 0 Å². The first kappa shape index (κ1) is 11.4. The lowest BCUT2D eigenvalue weighted by molar-refractivity contribution is 0.0754. The molecule has 0 amide bonds.